The first kappa shape index (κ1) is 22.7. The summed E-state index contributed by atoms with van der Waals surface area (Å²) in [5.41, 5.74) is 2.18. The molecule has 0 bridgehead atoms. The van der Waals surface area contributed by atoms with Gasteiger partial charge in [-0.2, -0.15) is 0 Å². The fourth-order valence-electron chi connectivity index (χ4n) is 4.06. The van der Waals surface area contributed by atoms with Crippen molar-refractivity contribution in [2.45, 2.75) is 71.7 Å². The molecule has 0 spiro atoms. The summed E-state index contributed by atoms with van der Waals surface area (Å²) >= 11 is 0. The van der Waals surface area contributed by atoms with E-state index < -0.39 is 12.2 Å². The highest BCUT2D eigenvalue weighted by molar-refractivity contribution is 5.85. The van der Waals surface area contributed by atoms with Gasteiger partial charge in [-0.3, -0.25) is 4.79 Å². The van der Waals surface area contributed by atoms with Gasteiger partial charge in [-0.15, -0.1) is 0 Å². The van der Waals surface area contributed by atoms with Crippen LogP contribution in [0.3, 0.4) is 0 Å². The molecule has 2 aromatic rings. The average molecular weight is 411 g/mol. The molecule has 1 aliphatic rings. The lowest BCUT2D eigenvalue weighted by atomic mass is 9.83. The number of benzene rings is 2. The van der Waals surface area contributed by atoms with Crippen LogP contribution in [0.2, 0.25) is 0 Å². The van der Waals surface area contributed by atoms with Gasteiger partial charge in [0.05, 0.1) is 25.4 Å². The summed E-state index contributed by atoms with van der Waals surface area (Å²) in [5.74, 6) is 0.0703. The summed E-state index contributed by atoms with van der Waals surface area (Å²) in [4.78, 5) is 13.0. The van der Waals surface area contributed by atoms with E-state index in [1.807, 2.05) is 62.4 Å². The van der Waals surface area contributed by atoms with E-state index in [4.69, 9.17) is 14.2 Å². The van der Waals surface area contributed by atoms with Crippen molar-refractivity contribution in [3.8, 4) is 0 Å². The van der Waals surface area contributed by atoms with Crippen LogP contribution >= 0.6 is 0 Å². The highest BCUT2D eigenvalue weighted by Gasteiger charge is 2.47. The monoisotopic (exact) mass is 410 g/mol. The number of ether oxygens (including phenoxy) is 3. The summed E-state index contributed by atoms with van der Waals surface area (Å²) in [5, 5.41) is 0. The normalized spacial score (nSPS) is 26.6. The molecule has 0 saturated carbocycles. The van der Waals surface area contributed by atoms with Crippen LogP contribution in [0.25, 0.3) is 0 Å². The van der Waals surface area contributed by atoms with Crippen molar-refractivity contribution in [2.24, 2.45) is 11.8 Å². The fourth-order valence-corrected chi connectivity index (χ4v) is 4.06. The molecule has 1 fully saturated rings. The average Bonchev–Trinajstić information content (AvgIpc) is 2.77. The standard InChI is InChI=1S/C26H34O4/c1-5-22-19(4)24(28-16-20-12-8-6-9-13-20)26(25(30-22)23(27)18(2)3)29-17-21-14-10-7-11-15-21/h6-15,18-19,22,24-26H,5,16-17H2,1-4H3/t19-,22+,24-,25-,26+/m0/s1. The van der Waals surface area contributed by atoms with Crippen LogP contribution in [0.1, 0.15) is 45.2 Å². The van der Waals surface area contributed by atoms with Gasteiger partial charge in [0.1, 0.15) is 12.2 Å². The van der Waals surface area contributed by atoms with E-state index in [0.717, 1.165) is 17.5 Å². The largest absolute Gasteiger partial charge is 0.370 e. The number of carbonyl (C=O) groups is 1. The second-order valence-corrected chi connectivity index (χ2v) is 8.44. The van der Waals surface area contributed by atoms with Crippen LogP contribution in [0.4, 0.5) is 0 Å². The van der Waals surface area contributed by atoms with Gasteiger partial charge in [0.25, 0.3) is 0 Å². The minimum atomic E-state index is -0.615. The Labute approximate surface area is 180 Å². The number of ketones is 1. The van der Waals surface area contributed by atoms with E-state index in [-0.39, 0.29) is 29.8 Å². The SMILES string of the molecule is CC[C@H]1O[C@@H](C(=O)C(C)C)[C@H](OCc2ccccc2)[C@@H](OCc2ccccc2)[C@H]1C. The van der Waals surface area contributed by atoms with E-state index in [2.05, 4.69) is 26.0 Å². The minimum absolute atomic E-state index is 0.0324. The van der Waals surface area contributed by atoms with E-state index in [0.29, 0.717) is 13.2 Å². The van der Waals surface area contributed by atoms with Crippen LogP contribution in [0.5, 0.6) is 0 Å². The van der Waals surface area contributed by atoms with Gasteiger partial charge >= 0.3 is 0 Å². The molecule has 4 nitrogen and oxygen atoms in total. The lowest BCUT2D eigenvalue weighted by Gasteiger charge is -2.45. The van der Waals surface area contributed by atoms with Crippen LogP contribution in [-0.4, -0.2) is 30.2 Å². The molecule has 1 saturated heterocycles. The van der Waals surface area contributed by atoms with Crippen LogP contribution in [-0.2, 0) is 32.2 Å². The Kier molecular flexibility index (Phi) is 8.20. The summed E-state index contributed by atoms with van der Waals surface area (Å²) in [7, 11) is 0. The quantitative estimate of drug-likeness (QED) is 0.570. The molecule has 0 N–H and O–H groups in total. The molecular formula is C26H34O4. The maximum Gasteiger partial charge on any atom is 0.166 e. The maximum absolute atomic E-state index is 13.0. The highest BCUT2D eigenvalue weighted by Crippen LogP contribution is 2.34. The third-order valence-electron chi connectivity index (χ3n) is 5.87. The summed E-state index contributed by atoms with van der Waals surface area (Å²) in [6.07, 6.45) is -0.479. The van der Waals surface area contributed by atoms with Crippen molar-refractivity contribution in [1.29, 1.82) is 0 Å². The van der Waals surface area contributed by atoms with E-state index in [9.17, 15) is 4.79 Å². The second kappa shape index (κ2) is 10.9. The Morgan fingerprint density at radius 3 is 1.87 bits per heavy atom. The minimum Gasteiger partial charge on any atom is -0.370 e. The van der Waals surface area contributed by atoms with Crippen LogP contribution in [0.15, 0.2) is 60.7 Å². The molecule has 0 amide bonds. The Hall–Kier alpha value is -2.01. The zero-order valence-corrected chi connectivity index (χ0v) is 18.5. The van der Waals surface area contributed by atoms with E-state index in [1.54, 1.807) is 0 Å². The topological polar surface area (TPSA) is 44.8 Å². The molecule has 1 heterocycles. The smallest absolute Gasteiger partial charge is 0.166 e. The number of carbonyl (C=O) groups excluding carboxylic acids is 1. The lowest BCUT2D eigenvalue weighted by Crippen LogP contribution is -2.58. The molecule has 0 radical (unpaired) electrons. The number of hydrogen-bond donors (Lipinski definition) is 0. The molecule has 30 heavy (non-hydrogen) atoms. The number of rotatable bonds is 9. The maximum atomic E-state index is 13.0. The van der Waals surface area contributed by atoms with Crippen LogP contribution in [0, 0.1) is 11.8 Å². The Balaban J connectivity index is 1.83. The zero-order valence-electron chi connectivity index (χ0n) is 18.5. The van der Waals surface area contributed by atoms with Crippen LogP contribution < -0.4 is 0 Å². The Bertz CT molecular complexity index is 774. The van der Waals surface area contributed by atoms with Gasteiger partial charge in [-0.1, -0.05) is 88.4 Å². The molecule has 4 heteroatoms. The molecule has 2 aromatic carbocycles. The predicted molar refractivity (Wildman–Crippen MR) is 118 cm³/mol. The van der Waals surface area contributed by atoms with Crippen molar-refractivity contribution >= 4 is 5.78 Å². The third kappa shape index (κ3) is 5.57. The Morgan fingerprint density at radius 2 is 1.40 bits per heavy atom. The van der Waals surface area contributed by atoms with Crippen molar-refractivity contribution < 1.29 is 19.0 Å². The molecular weight excluding hydrogens is 376 g/mol. The molecule has 3 rings (SSSR count). The molecule has 162 valence electrons. The van der Waals surface area contributed by atoms with E-state index >= 15 is 0 Å². The molecule has 0 aromatic heterocycles. The third-order valence-corrected chi connectivity index (χ3v) is 5.87. The fraction of sp³-hybridized carbons (Fsp3) is 0.500. The molecule has 5 atom stereocenters. The van der Waals surface area contributed by atoms with Gasteiger partial charge in [-0.05, 0) is 17.5 Å². The van der Waals surface area contributed by atoms with Crippen molar-refractivity contribution in [1.82, 2.24) is 0 Å². The molecule has 0 aliphatic carbocycles. The summed E-state index contributed by atoms with van der Waals surface area (Å²) < 4.78 is 19.1. The van der Waals surface area contributed by atoms with Gasteiger partial charge in [-0.25, -0.2) is 0 Å². The van der Waals surface area contributed by atoms with Gasteiger partial charge in [0, 0.05) is 11.8 Å². The summed E-state index contributed by atoms with van der Waals surface area (Å²) in [6.45, 7) is 8.97. The second-order valence-electron chi connectivity index (χ2n) is 8.44. The first-order chi connectivity index (χ1) is 14.5. The molecule has 0 unspecified atom stereocenters. The van der Waals surface area contributed by atoms with Crippen molar-refractivity contribution in [3.05, 3.63) is 71.8 Å². The lowest BCUT2D eigenvalue weighted by molar-refractivity contribution is -0.229. The number of Topliss-reactive ketones (excluding diaryl/α,β-unsaturated/α-hetero) is 1. The van der Waals surface area contributed by atoms with E-state index in [1.165, 1.54) is 0 Å². The first-order valence-corrected chi connectivity index (χ1v) is 11.0. The predicted octanol–water partition coefficient (Wildman–Crippen LogP) is 5.20. The number of hydrogen-bond acceptors (Lipinski definition) is 4. The summed E-state index contributed by atoms with van der Waals surface area (Å²) in [6, 6.07) is 20.1. The van der Waals surface area contributed by atoms with Gasteiger partial charge < -0.3 is 14.2 Å². The van der Waals surface area contributed by atoms with Crippen molar-refractivity contribution in [2.75, 3.05) is 0 Å². The molecule has 1 aliphatic heterocycles. The highest BCUT2D eigenvalue weighted by atomic mass is 16.6. The Morgan fingerprint density at radius 1 is 0.900 bits per heavy atom. The zero-order chi connectivity index (χ0) is 21.5. The van der Waals surface area contributed by atoms with Gasteiger partial charge in [0.15, 0.2) is 5.78 Å². The van der Waals surface area contributed by atoms with Gasteiger partial charge in [0.2, 0.25) is 0 Å². The first-order valence-electron chi connectivity index (χ1n) is 11.0. The van der Waals surface area contributed by atoms with Crippen molar-refractivity contribution in [3.63, 3.8) is 0 Å².